The van der Waals surface area contributed by atoms with E-state index < -0.39 is 25.8 Å². The van der Waals surface area contributed by atoms with E-state index >= 15 is 0 Å². The van der Waals surface area contributed by atoms with Gasteiger partial charge in [-0.1, -0.05) is 72.3 Å². The van der Waals surface area contributed by atoms with E-state index in [1.807, 2.05) is 0 Å². The van der Waals surface area contributed by atoms with Gasteiger partial charge in [0.05, 0.1) is 17.8 Å². The Hall–Kier alpha value is -1.23. The van der Waals surface area contributed by atoms with Crippen molar-refractivity contribution < 1.29 is 21.6 Å². The number of sulfone groups is 1. The number of rotatable bonds is 11. The maximum atomic E-state index is 12.5. The molecule has 9 atom stereocenters. The van der Waals surface area contributed by atoms with Crippen LogP contribution in [-0.2, 0) is 24.7 Å². The van der Waals surface area contributed by atoms with Crippen molar-refractivity contribution in [3.63, 3.8) is 0 Å². The Morgan fingerprint density at radius 2 is 1.64 bits per heavy atom. The van der Waals surface area contributed by atoms with E-state index in [0.29, 0.717) is 54.2 Å². The minimum absolute atomic E-state index is 0.0673. The Balaban J connectivity index is 1.19. The van der Waals surface area contributed by atoms with E-state index in [2.05, 4.69) is 83.0 Å². The smallest absolute Gasteiger partial charge is 0.233 e. The topological polar surface area (TPSA) is 113 Å². The lowest BCUT2D eigenvalue weighted by Gasteiger charge is -2.72. The molecular weight excluding hydrogens is 703 g/mol. The van der Waals surface area contributed by atoms with Crippen molar-refractivity contribution >= 4 is 25.8 Å². The standard InChI is InChI=1S/C43H73N3O5S2/c1-30(2)32-15-20-43(44-23-24-46-25-27-53(50,51)28-26-46)22-21-41(8)33(37(32)43)11-12-35-40(7)18-14-31(39(5,6)34(40)16-19-42(35,41)9)13-17-38(3,4)29-36(47)45-52(10,48)49/h14,32-35,37,44H,1,11-13,15-29H2,2-10H3,(H,45,47). The predicted octanol–water partition coefficient (Wildman–Crippen LogP) is 7.53. The summed E-state index contributed by atoms with van der Waals surface area (Å²) >= 11 is 0. The van der Waals surface area contributed by atoms with Gasteiger partial charge in [0.2, 0.25) is 15.9 Å². The Morgan fingerprint density at radius 3 is 2.28 bits per heavy atom. The fourth-order valence-corrected chi connectivity index (χ4v) is 16.0. The molecule has 0 radical (unpaired) electrons. The van der Waals surface area contributed by atoms with Crippen molar-refractivity contribution in [2.24, 2.45) is 56.7 Å². The van der Waals surface area contributed by atoms with Gasteiger partial charge >= 0.3 is 0 Å². The third-order valence-corrected chi connectivity index (χ3v) is 19.4. The summed E-state index contributed by atoms with van der Waals surface area (Å²) in [5.41, 5.74) is 3.56. The highest BCUT2D eigenvalue weighted by Crippen LogP contribution is 2.76. The largest absolute Gasteiger partial charge is 0.310 e. The predicted molar refractivity (Wildman–Crippen MR) is 216 cm³/mol. The van der Waals surface area contributed by atoms with Crippen LogP contribution < -0.4 is 10.0 Å². The molecule has 1 aliphatic heterocycles. The van der Waals surface area contributed by atoms with Crippen molar-refractivity contribution in [2.75, 3.05) is 43.9 Å². The molecule has 5 fully saturated rings. The average Bonchev–Trinajstić information content (AvgIpc) is 3.40. The average molecular weight is 776 g/mol. The first-order valence-corrected chi connectivity index (χ1v) is 24.6. The summed E-state index contributed by atoms with van der Waals surface area (Å²) in [5, 5.41) is 4.21. The van der Waals surface area contributed by atoms with Crippen LogP contribution in [-0.4, -0.2) is 77.1 Å². The summed E-state index contributed by atoms with van der Waals surface area (Å²) in [6.45, 7) is 27.2. The minimum atomic E-state index is -3.56. The first kappa shape index (κ1) is 41.4. The van der Waals surface area contributed by atoms with Crippen LogP contribution in [0, 0.1) is 56.7 Å². The molecule has 0 aromatic heterocycles. The Morgan fingerprint density at radius 1 is 0.962 bits per heavy atom. The Kier molecular flexibility index (Phi) is 10.9. The van der Waals surface area contributed by atoms with Gasteiger partial charge in [0.25, 0.3) is 0 Å². The number of nitrogens with zero attached hydrogens (tertiary/aromatic N) is 1. The summed E-state index contributed by atoms with van der Waals surface area (Å²) in [6, 6.07) is 0. The second kappa shape index (κ2) is 14.0. The van der Waals surface area contributed by atoms with Gasteiger partial charge in [0.1, 0.15) is 0 Å². The number of hydrogen-bond donors (Lipinski definition) is 2. The minimum Gasteiger partial charge on any atom is -0.310 e. The van der Waals surface area contributed by atoms with Crippen LogP contribution in [0.3, 0.4) is 0 Å². The lowest BCUT2D eigenvalue weighted by Crippen LogP contribution is -2.68. The zero-order chi connectivity index (χ0) is 39.0. The van der Waals surface area contributed by atoms with Crippen LogP contribution in [0.5, 0.6) is 0 Å². The number of hydrogen-bond acceptors (Lipinski definition) is 7. The first-order valence-electron chi connectivity index (χ1n) is 20.9. The first-order chi connectivity index (χ1) is 24.4. The van der Waals surface area contributed by atoms with Gasteiger partial charge in [-0.3, -0.25) is 9.52 Å². The summed E-state index contributed by atoms with van der Waals surface area (Å²) < 4.78 is 49.5. The molecular formula is C43H73N3O5S2. The lowest BCUT2D eigenvalue weighted by atomic mass is 9.33. The van der Waals surface area contributed by atoms with Crippen LogP contribution in [0.2, 0.25) is 0 Å². The van der Waals surface area contributed by atoms with Crippen molar-refractivity contribution in [1.29, 1.82) is 0 Å². The maximum absolute atomic E-state index is 12.5. The lowest BCUT2D eigenvalue weighted by molar-refractivity contribution is -0.221. The molecule has 53 heavy (non-hydrogen) atoms. The van der Waals surface area contributed by atoms with Gasteiger partial charge in [-0.05, 0) is 134 Å². The highest BCUT2D eigenvalue weighted by molar-refractivity contribution is 7.91. The van der Waals surface area contributed by atoms with Crippen LogP contribution in [0.25, 0.3) is 0 Å². The third kappa shape index (κ3) is 7.51. The van der Waals surface area contributed by atoms with Crippen LogP contribution in [0.1, 0.15) is 132 Å². The molecule has 6 aliphatic rings. The van der Waals surface area contributed by atoms with Crippen molar-refractivity contribution in [3.8, 4) is 0 Å². The number of fused-ring (bicyclic) bond motifs is 7. The molecule has 0 aromatic rings. The fourth-order valence-electron chi connectivity index (χ4n) is 14.2. The summed E-state index contributed by atoms with van der Waals surface area (Å²) in [7, 11) is -6.43. The van der Waals surface area contributed by atoms with Crippen LogP contribution in [0.15, 0.2) is 23.8 Å². The van der Waals surface area contributed by atoms with E-state index in [9.17, 15) is 21.6 Å². The highest BCUT2D eigenvalue weighted by atomic mass is 32.2. The normalized spacial score (nSPS) is 40.9. The second-order valence-corrected chi connectivity index (χ2v) is 25.1. The molecule has 6 rings (SSSR count). The molecule has 9 unspecified atom stereocenters. The monoisotopic (exact) mass is 775 g/mol. The van der Waals surface area contributed by atoms with Crippen molar-refractivity contribution in [3.05, 3.63) is 23.8 Å². The maximum Gasteiger partial charge on any atom is 0.233 e. The van der Waals surface area contributed by atoms with Crippen molar-refractivity contribution in [1.82, 2.24) is 14.9 Å². The van der Waals surface area contributed by atoms with E-state index in [4.69, 9.17) is 0 Å². The number of carbonyl (C=O) groups excluding carboxylic acids is 1. The second-order valence-electron chi connectivity index (χ2n) is 21.1. The van der Waals surface area contributed by atoms with Gasteiger partial charge < -0.3 is 10.2 Å². The number of amides is 1. The molecule has 1 amide bonds. The van der Waals surface area contributed by atoms with Crippen LogP contribution >= 0.6 is 0 Å². The SMILES string of the molecule is C=C(C)C1CCC2(NCCN3CCS(=O)(=O)CC3)CCC3(C)C(CCC4C5(C)CC=C(CCC(C)(C)CC(=O)NS(C)(=O)=O)C(C)(C)C5CCC43C)C12. The molecule has 4 saturated carbocycles. The Labute approximate surface area is 323 Å². The molecule has 0 spiro atoms. The summed E-state index contributed by atoms with van der Waals surface area (Å²) in [4.78, 5) is 14.8. The van der Waals surface area contributed by atoms with Gasteiger partial charge in [-0.2, -0.15) is 0 Å². The number of carbonyl (C=O) groups is 1. The molecule has 5 aliphatic carbocycles. The molecule has 0 bridgehead atoms. The Bertz CT molecular complexity index is 1690. The zero-order valence-electron chi connectivity index (χ0n) is 34.7. The number of allylic oxidation sites excluding steroid dienone is 3. The zero-order valence-corrected chi connectivity index (χ0v) is 36.3. The van der Waals surface area contributed by atoms with Gasteiger partial charge in [0, 0.05) is 38.1 Å². The third-order valence-electron chi connectivity index (χ3n) is 17.2. The quantitative estimate of drug-likeness (QED) is 0.209. The van der Waals surface area contributed by atoms with E-state index in [0.717, 1.165) is 38.6 Å². The van der Waals surface area contributed by atoms with Crippen molar-refractivity contribution in [2.45, 2.75) is 138 Å². The van der Waals surface area contributed by atoms with Gasteiger partial charge in [0.15, 0.2) is 9.84 Å². The molecule has 302 valence electrons. The summed E-state index contributed by atoms with van der Waals surface area (Å²) in [5.74, 6) is 3.26. The van der Waals surface area contributed by atoms with Crippen LogP contribution in [0.4, 0.5) is 0 Å². The van der Waals surface area contributed by atoms with E-state index in [1.165, 1.54) is 62.5 Å². The van der Waals surface area contributed by atoms with Gasteiger partial charge in [-0.15, -0.1) is 0 Å². The highest BCUT2D eigenvalue weighted by Gasteiger charge is 2.70. The van der Waals surface area contributed by atoms with E-state index in [1.54, 1.807) is 0 Å². The molecule has 8 nitrogen and oxygen atoms in total. The number of sulfonamides is 1. The molecule has 1 heterocycles. The molecule has 2 N–H and O–H groups in total. The number of nitrogens with one attached hydrogen (secondary N) is 2. The molecule has 0 aromatic carbocycles. The van der Waals surface area contributed by atoms with E-state index in [-0.39, 0.29) is 39.0 Å². The molecule has 1 saturated heterocycles. The molecule has 10 heteroatoms. The summed E-state index contributed by atoms with van der Waals surface area (Å²) in [6.07, 6.45) is 16.8. The van der Waals surface area contributed by atoms with Gasteiger partial charge in [-0.25, -0.2) is 16.8 Å². The fraction of sp³-hybridized carbons (Fsp3) is 0.884.